The zero-order valence-corrected chi connectivity index (χ0v) is 8.56. The smallest absolute Gasteiger partial charge is 0.249 e. The fraction of sp³-hybridized carbons (Fsp3) is 0.900. The first kappa shape index (κ1) is 10.8. The largest absolute Gasteiger partial charge is 0.354 e. The molecule has 0 spiro atoms. The van der Waals surface area contributed by atoms with Gasteiger partial charge in [0, 0.05) is 31.3 Å². The lowest BCUT2D eigenvalue weighted by atomic mass is 9.81. The fourth-order valence-electron chi connectivity index (χ4n) is 2.15. The Morgan fingerprint density at radius 2 is 2.20 bits per heavy atom. The van der Waals surface area contributed by atoms with Crippen LogP contribution in [0.4, 0.5) is 8.78 Å². The van der Waals surface area contributed by atoms with Crippen molar-refractivity contribution in [1.29, 1.82) is 0 Å². The van der Waals surface area contributed by atoms with E-state index in [9.17, 15) is 13.6 Å². The molecule has 1 saturated carbocycles. The van der Waals surface area contributed by atoms with Crippen molar-refractivity contribution in [2.24, 2.45) is 5.92 Å². The first-order valence-electron chi connectivity index (χ1n) is 5.46. The van der Waals surface area contributed by atoms with Crippen molar-refractivity contribution >= 4 is 5.91 Å². The molecule has 0 radical (unpaired) electrons. The molecule has 5 heteroatoms. The van der Waals surface area contributed by atoms with E-state index in [1.165, 1.54) is 0 Å². The molecule has 0 aromatic heterocycles. The molecule has 2 rings (SSSR count). The summed E-state index contributed by atoms with van der Waals surface area (Å²) in [6.45, 7) is 1.56. The van der Waals surface area contributed by atoms with Crippen molar-refractivity contribution in [1.82, 2.24) is 10.6 Å². The summed E-state index contributed by atoms with van der Waals surface area (Å²) in [4.78, 5) is 11.4. The highest BCUT2D eigenvalue weighted by molar-refractivity contribution is 5.79. The van der Waals surface area contributed by atoms with Crippen molar-refractivity contribution in [2.45, 2.75) is 37.6 Å². The van der Waals surface area contributed by atoms with Gasteiger partial charge in [0.2, 0.25) is 11.8 Å². The molecule has 3 nitrogen and oxygen atoms in total. The van der Waals surface area contributed by atoms with E-state index in [0.717, 1.165) is 19.4 Å². The van der Waals surface area contributed by atoms with E-state index in [2.05, 4.69) is 10.6 Å². The zero-order chi connectivity index (χ0) is 10.9. The predicted octanol–water partition coefficient (Wildman–Crippen LogP) is 0.900. The third kappa shape index (κ3) is 2.65. The number of rotatable bonds is 3. The quantitative estimate of drug-likeness (QED) is 0.739. The van der Waals surface area contributed by atoms with Crippen LogP contribution < -0.4 is 10.6 Å². The van der Waals surface area contributed by atoms with Crippen LogP contribution in [0.3, 0.4) is 0 Å². The number of carbonyl (C=O) groups is 1. The number of carbonyl (C=O) groups excluding carboxylic acids is 1. The first-order chi connectivity index (χ1) is 7.07. The maximum Gasteiger partial charge on any atom is 0.249 e. The number of halogens is 2. The van der Waals surface area contributed by atoms with Crippen molar-refractivity contribution in [2.75, 3.05) is 13.1 Å². The molecule has 1 saturated heterocycles. The molecule has 0 aromatic rings. The average molecular weight is 218 g/mol. The number of nitrogens with one attached hydrogen (secondary N) is 2. The highest BCUT2D eigenvalue weighted by atomic mass is 19.3. The minimum absolute atomic E-state index is 0.213. The van der Waals surface area contributed by atoms with Gasteiger partial charge in [-0.2, -0.15) is 0 Å². The van der Waals surface area contributed by atoms with Crippen LogP contribution in [0.5, 0.6) is 0 Å². The summed E-state index contributed by atoms with van der Waals surface area (Å²) in [5, 5.41) is 5.97. The highest BCUT2D eigenvalue weighted by Crippen LogP contribution is 2.42. The maximum absolute atomic E-state index is 12.5. The molecule has 0 bridgehead atoms. The molecule has 86 valence electrons. The summed E-state index contributed by atoms with van der Waals surface area (Å²) in [7, 11) is 0. The van der Waals surface area contributed by atoms with Gasteiger partial charge in [-0.25, -0.2) is 8.78 Å². The van der Waals surface area contributed by atoms with Crippen LogP contribution in [0.1, 0.15) is 25.7 Å². The summed E-state index contributed by atoms with van der Waals surface area (Å²) >= 11 is 0. The van der Waals surface area contributed by atoms with Gasteiger partial charge in [-0.05, 0) is 19.4 Å². The Kier molecular flexibility index (Phi) is 2.91. The molecular formula is C10H16F2N2O. The Balaban J connectivity index is 1.65. The second-order valence-corrected chi connectivity index (χ2v) is 4.50. The lowest BCUT2D eigenvalue weighted by Crippen LogP contribution is -2.47. The van der Waals surface area contributed by atoms with Crippen LogP contribution in [-0.2, 0) is 4.79 Å². The lowest BCUT2D eigenvalue weighted by molar-refractivity contribution is -0.150. The summed E-state index contributed by atoms with van der Waals surface area (Å²) < 4.78 is 25.0. The topological polar surface area (TPSA) is 41.1 Å². The van der Waals surface area contributed by atoms with E-state index >= 15 is 0 Å². The Labute approximate surface area is 87.6 Å². The van der Waals surface area contributed by atoms with Gasteiger partial charge in [0.25, 0.3) is 0 Å². The van der Waals surface area contributed by atoms with Crippen LogP contribution in [0.25, 0.3) is 0 Å². The second-order valence-electron chi connectivity index (χ2n) is 4.50. The zero-order valence-electron chi connectivity index (χ0n) is 8.56. The molecule has 1 aliphatic heterocycles. The van der Waals surface area contributed by atoms with E-state index in [-0.39, 0.29) is 18.7 Å². The normalized spacial score (nSPS) is 29.9. The highest BCUT2D eigenvalue weighted by Gasteiger charge is 2.48. The molecule has 2 aliphatic rings. The minimum Gasteiger partial charge on any atom is -0.354 e. The summed E-state index contributed by atoms with van der Waals surface area (Å²) in [6, 6.07) is 0.328. The summed E-state index contributed by atoms with van der Waals surface area (Å²) in [5.41, 5.74) is 0. The number of amides is 1. The van der Waals surface area contributed by atoms with E-state index in [1.54, 1.807) is 0 Å². The number of hydrogen-bond acceptors (Lipinski definition) is 2. The van der Waals surface area contributed by atoms with Crippen LogP contribution in [0, 0.1) is 5.92 Å². The molecule has 1 aliphatic carbocycles. The van der Waals surface area contributed by atoms with Crippen molar-refractivity contribution in [3.05, 3.63) is 0 Å². The van der Waals surface area contributed by atoms with Crippen LogP contribution in [-0.4, -0.2) is 31.0 Å². The lowest BCUT2D eigenvalue weighted by Gasteiger charge is -2.33. The molecule has 0 aromatic carbocycles. The van der Waals surface area contributed by atoms with Gasteiger partial charge in [-0.1, -0.05) is 0 Å². The van der Waals surface area contributed by atoms with E-state index in [0.29, 0.717) is 12.6 Å². The molecule has 1 unspecified atom stereocenters. The molecule has 2 N–H and O–H groups in total. The molecular weight excluding hydrogens is 202 g/mol. The van der Waals surface area contributed by atoms with E-state index in [4.69, 9.17) is 0 Å². The monoisotopic (exact) mass is 218 g/mol. The van der Waals surface area contributed by atoms with Gasteiger partial charge in [-0.3, -0.25) is 4.79 Å². The van der Waals surface area contributed by atoms with Crippen LogP contribution >= 0.6 is 0 Å². The Bertz CT molecular complexity index is 244. The Morgan fingerprint density at radius 3 is 2.73 bits per heavy atom. The molecule has 1 heterocycles. The number of alkyl halides is 2. The van der Waals surface area contributed by atoms with Gasteiger partial charge < -0.3 is 10.6 Å². The Hall–Kier alpha value is -0.710. The predicted molar refractivity (Wildman–Crippen MR) is 51.7 cm³/mol. The average Bonchev–Trinajstić information content (AvgIpc) is 2.62. The molecule has 1 atom stereocenters. The SMILES string of the molecule is O=C(NCC1CCCN1)C1CC(F)(F)C1. The first-order valence-corrected chi connectivity index (χ1v) is 5.46. The summed E-state index contributed by atoms with van der Waals surface area (Å²) in [5.74, 6) is -3.29. The molecule has 2 fully saturated rings. The van der Waals surface area contributed by atoms with Crippen molar-refractivity contribution in [3.8, 4) is 0 Å². The van der Waals surface area contributed by atoms with Gasteiger partial charge in [0.15, 0.2) is 0 Å². The third-order valence-corrected chi connectivity index (χ3v) is 3.15. The third-order valence-electron chi connectivity index (χ3n) is 3.15. The van der Waals surface area contributed by atoms with E-state index in [1.807, 2.05) is 0 Å². The van der Waals surface area contributed by atoms with Gasteiger partial charge in [0.1, 0.15) is 0 Å². The van der Waals surface area contributed by atoms with Gasteiger partial charge in [0.05, 0.1) is 0 Å². The van der Waals surface area contributed by atoms with Gasteiger partial charge >= 0.3 is 0 Å². The standard InChI is InChI=1S/C10H16F2N2O/c11-10(12)4-7(5-10)9(15)14-6-8-2-1-3-13-8/h7-8,13H,1-6H2,(H,14,15). The van der Waals surface area contributed by atoms with Crippen LogP contribution in [0.15, 0.2) is 0 Å². The van der Waals surface area contributed by atoms with Gasteiger partial charge in [-0.15, -0.1) is 0 Å². The maximum atomic E-state index is 12.5. The number of hydrogen-bond donors (Lipinski definition) is 2. The van der Waals surface area contributed by atoms with E-state index < -0.39 is 11.8 Å². The van der Waals surface area contributed by atoms with Crippen molar-refractivity contribution in [3.63, 3.8) is 0 Å². The fourth-order valence-corrected chi connectivity index (χ4v) is 2.15. The van der Waals surface area contributed by atoms with Crippen LogP contribution in [0.2, 0.25) is 0 Å². The Morgan fingerprint density at radius 1 is 1.47 bits per heavy atom. The summed E-state index contributed by atoms with van der Waals surface area (Å²) in [6.07, 6.45) is 1.62. The molecule has 1 amide bonds. The molecule has 15 heavy (non-hydrogen) atoms. The van der Waals surface area contributed by atoms with Crippen molar-refractivity contribution < 1.29 is 13.6 Å². The minimum atomic E-state index is -2.60. The second kappa shape index (κ2) is 4.04.